The number of carbonyl (C=O) groups is 3. The molecule has 0 saturated carbocycles. The standard InChI is InChI=1S/C35H34N4O4S2/c1-35(2,3)43-34(42)39-18-17-27-28(21-36)33(45-29(27)22-39)38-32(41)31(24-13-8-5-9-14-24)44-26-16-10-15-25(20-26)37-30(40)19-23-11-6-4-7-12-23/h4-16,20,31H,17-19,22H2,1-3H3,(H,37,40)(H,38,41). The molecule has 0 spiro atoms. The number of fused-ring (bicyclic) bond motifs is 1. The van der Waals surface area contributed by atoms with Gasteiger partial charge in [0.15, 0.2) is 0 Å². The Hall–Kier alpha value is -4.59. The lowest BCUT2D eigenvalue weighted by Crippen LogP contribution is -2.39. The highest BCUT2D eigenvalue weighted by Gasteiger charge is 2.31. The van der Waals surface area contributed by atoms with Crippen molar-refractivity contribution in [2.24, 2.45) is 0 Å². The first-order valence-corrected chi connectivity index (χ1v) is 16.3. The van der Waals surface area contributed by atoms with E-state index in [1.807, 2.05) is 106 Å². The summed E-state index contributed by atoms with van der Waals surface area (Å²) in [5, 5.41) is 15.9. The lowest BCUT2D eigenvalue weighted by molar-refractivity contribution is -0.116. The van der Waals surface area contributed by atoms with Crippen molar-refractivity contribution in [1.82, 2.24) is 4.90 Å². The SMILES string of the molecule is CC(C)(C)OC(=O)N1CCc2c(sc(NC(=O)C(Sc3cccc(NC(=O)Cc4ccccc4)c3)c3ccccc3)c2C#N)C1. The zero-order valence-corrected chi connectivity index (χ0v) is 27.0. The van der Waals surface area contributed by atoms with Gasteiger partial charge in [-0.1, -0.05) is 66.7 Å². The molecule has 0 saturated heterocycles. The van der Waals surface area contributed by atoms with Gasteiger partial charge < -0.3 is 20.3 Å². The molecule has 0 bridgehead atoms. The van der Waals surface area contributed by atoms with Crippen molar-refractivity contribution in [3.05, 3.63) is 112 Å². The number of rotatable bonds is 8. The Morgan fingerprint density at radius 1 is 1.00 bits per heavy atom. The van der Waals surface area contributed by atoms with Crippen LogP contribution in [0.25, 0.3) is 0 Å². The van der Waals surface area contributed by atoms with Crippen molar-refractivity contribution < 1.29 is 19.1 Å². The number of nitrogens with zero attached hydrogens (tertiary/aromatic N) is 2. The third-order valence-corrected chi connectivity index (χ3v) is 9.36. The Kier molecular flexibility index (Phi) is 9.91. The normalized spacial score (nSPS) is 13.2. The first-order valence-electron chi connectivity index (χ1n) is 14.6. The molecule has 0 radical (unpaired) electrons. The summed E-state index contributed by atoms with van der Waals surface area (Å²) in [5.74, 6) is -0.402. The summed E-state index contributed by atoms with van der Waals surface area (Å²) in [6.45, 7) is 6.23. The van der Waals surface area contributed by atoms with Gasteiger partial charge in [0, 0.05) is 22.0 Å². The van der Waals surface area contributed by atoms with Crippen LogP contribution in [-0.4, -0.2) is 35.0 Å². The molecule has 45 heavy (non-hydrogen) atoms. The smallest absolute Gasteiger partial charge is 0.410 e. The fraction of sp³-hybridized carbons (Fsp3) is 0.257. The van der Waals surface area contributed by atoms with Crippen LogP contribution in [0.2, 0.25) is 0 Å². The summed E-state index contributed by atoms with van der Waals surface area (Å²) >= 11 is 2.68. The molecule has 3 aromatic carbocycles. The van der Waals surface area contributed by atoms with Gasteiger partial charge >= 0.3 is 6.09 Å². The molecule has 4 aromatic rings. The molecule has 2 heterocycles. The number of anilines is 2. The zero-order valence-electron chi connectivity index (χ0n) is 25.3. The van der Waals surface area contributed by atoms with Crippen LogP contribution in [0.15, 0.2) is 89.8 Å². The summed E-state index contributed by atoms with van der Waals surface area (Å²) in [6.07, 6.45) is 0.364. The molecule has 3 amide bonds. The van der Waals surface area contributed by atoms with Crippen LogP contribution in [0, 0.1) is 11.3 Å². The number of nitriles is 1. The van der Waals surface area contributed by atoms with Crippen LogP contribution in [0.5, 0.6) is 0 Å². The van der Waals surface area contributed by atoms with E-state index in [-0.39, 0.29) is 18.2 Å². The maximum Gasteiger partial charge on any atom is 0.410 e. The minimum absolute atomic E-state index is 0.128. The highest BCUT2D eigenvalue weighted by atomic mass is 32.2. The Morgan fingerprint density at radius 2 is 1.71 bits per heavy atom. The number of nitrogens with one attached hydrogen (secondary N) is 2. The predicted molar refractivity (Wildman–Crippen MR) is 178 cm³/mol. The minimum atomic E-state index is -0.634. The van der Waals surface area contributed by atoms with Crippen LogP contribution >= 0.6 is 23.1 Å². The molecule has 0 aliphatic carbocycles. The molecule has 10 heteroatoms. The van der Waals surface area contributed by atoms with E-state index in [2.05, 4.69) is 16.7 Å². The van der Waals surface area contributed by atoms with Gasteiger partial charge in [-0.2, -0.15) is 5.26 Å². The predicted octanol–water partition coefficient (Wildman–Crippen LogP) is 7.57. The van der Waals surface area contributed by atoms with E-state index >= 15 is 0 Å². The number of carbonyl (C=O) groups excluding carboxylic acids is 3. The summed E-state index contributed by atoms with van der Waals surface area (Å²) in [5.41, 5.74) is 3.05. The van der Waals surface area contributed by atoms with E-state index in [9.17, 15) is 19.6 Å². The van der Waals surface area contributed by atoms with Crippen LogP contribution in [0.4, 0.5) is 15.5 Å². The molecule has 2 N–H and O–H groups in total. The monoisotopic (exact) mass is 638 g/mol. The first kappa shape index (κ1) is 31.8. The molecule has 1 aromatic heterocycles. The van der Waals surface area contributed by atoms with E-state index in [1.54, 1.807) is 4.90 Å². The molecule has 1 aliphatic rings. The minimum Gasteiger partial charge on any atom is -0.444 e. The number of thioether (sulfide) groups is 1. The second-order valence-corrected chi connectivity index (χ2v) is 13.9. The molecule has 1 atom stereocenters. The van der Waals surface area contributed by atoms with Crippen molar-refractivity contribution in [2.45, 2.75) is 55.9 Å². The fourth-order valence-electron chi connectivity index (χ4n) is 4.94. The maximum atomic E-state index is 13.9. The Labute approximate surface area is 271 Å². The summed E-state index contributed by atoms with van der Waals surface area (Å²) < 4.78 is 5.54. The van der Waals surface area contributed by atoms with Gasteiger partial charge in [-0.3, -0.25) is 9.59 Å². The number of thiophene rings is 1. The molecule has 1 aliphatic heterocycles. The van der Waals surface area contributed by atoms with Crippen molar-refractivity contribution in [2.75, 3.05) is 17.2 Å². The van der Waals surface area contributed by atoms with Gasteiger partial charge in [0.1, 0.15) is 21.9 Å². The Bertz CT molecular complexity index is 1730. The average molecular weight is 639 g/mol. The van der Waals surface area contributed by atoms with Crippen molar-refractivity contribution >= 4 is 51.7 Å². The third kappa shape index (κ3) is 8.32. The van der Waals surface area contributed by atoms with Gasteiger partial charge in [0.25, 0.3) is 0 Å². The number of amides is 3. The molecule has 5 rings (SSSR count). The number of ether oxygens (including phenoxy) is 1. The van der Waals surface area contributed by atoms with Crippen LogP contribution in [0.1, 0.15) is 53.2 Å². The molecule has 8 nitrogen and oxygen atoms in total. The average Bonchev–Trinajstić information content (AvgIpc) is 3.36. The van der Waals surface area contributed by atoms with Gasteiger partial charge in [0.2, 0.25) is 11.8 Å². The van der Waals surface area contributed by atoms with E-state index in [0.29, 0.717) is 35.8 Å². The van der Waals surface area contributed by atoms with Gasteiger partial charge in [-0.15, -0.1) is 23.1 Å². The largest absolute Gasteiger partial charge is 0.444 e. The Balaban J connectivity index is 1.33. The molecule has 0 fully saturated rings. The summed E-state index contributed by atoms with van der Waals surface area (Å²) in [6, 6.07) is 28.7. The van der Waals surface area contributed by atoms with E-state index in [4.69, 9.17) is 4.74 Å². The second kappa shape index (κ2) is 14.0. The quantitative estimate of drug-likeness (QED) is 0.193. The van der Waals surface area contributed by atoms with Gasteiger partial charge in [-0.05, 0) is 62.1 Å². The second-order valence-electron chi connectivity index (χ2n) is 11.6. The van der Waals surface area contributed by atoms with E-state index in [0.717, 1.165) is 26.5 Å². The lowest BCUT2D eigenvalue weighted by Gasteiger charge is -2.29. The summed E-state index contributed by atoms with van der Waals surface area (Å²) in [7, 11) is 0. The molecule has 230 valence electrons. The van der Waals surface area contributed by atoms with Crippen LogP contribution < -0.4 is 10.6 Å². The van der Waals surface area contributed by atoms with Gasteiger partial charge in [0.05, 0.1) is 18.5 Å². The van der Waals surface area contributed by atoms with Crippen LogP contribution in [0.3, 0.4) is 0 Å². The first-order chi connectivity index (χ1) is 21.6. The van der Waals surface area contributed by atoms with Gasteiger partial charge in [-0.25, -0.2) is 4.79 Å². The maximum absolute atomic E-state index is 13.9. The number of hydrogen-bond donors (Lipinski definition) is 2. The molecule has 1 unspecified atom stereocenters. The lowest BCUT2D eigenvalue weighted by atomic mass is 10.0. The van der Waals surface area contributed by atoms with E-state index in [1.165, 1.54) is 23.1 Å². The molecular weight excluding hydrogens is 605 g/mol. The highest BCUT2D eigenvalue weighted by molar-refractivity contribution is 8.00. The van der Waals surface area contributed by atoms with Crippen molar-refractivity contribution in [1.29, 1.82) is 5.26 Å². The fourth-order valence-corrected chi connectivity index (χ4v) is 7.24. The summed E-state index contributed by atoms with van der Waals surface area (Å²) in [4.78, 5) is 42.6. The Morgan fingerprint density at radius 3 is 2.40 bits per heavy atom. The number of benzene rings is 3. The topological polar surface area (TPSA) is 112 Å². The zero-order chi connectivity index (χ0) is 32.0. The van der Waals surface area contributed by atoms with E-state index < -0.39 is 16.9 Å². The van der Waals surface area contributed by atoms with Crippen LogP contribution in [-0.2, 0) is 33.7 Å². The third-order valence-electron chi connectivity index (χ3n) is 6.98. The van der Waals surface area contributed by atoms with Crippen molar-refractivity contribution in [3.63, 3.8) is 0 Å². The molecular formula is C35H34N4O4S2. The highest BCUT2D eigenvalue weighted by Crippen LogP contribution is 2.41. The number of hydrogen-bond acceptors (Lipinski definition) is 7. The van der Waals surface area contributed by atoms with Crippen molar-refractivity contribution in [3.8, 4) is 6.07 Å².